The van der Waals surface area contributed by atoms with Gasteiger partial charge in [-0.3, -0.25) is 38.6 Å². The highest BCUT2D eigenvalue weighted by atomic mass is 32.1. The molecule has 294 valence electrons. The van der Waals surface area contributed by atoms with Crippen molar-refractivity contribution >= 4 is 65.9 Å². The number of hydrogen-bond donors (Lipinski definition) is 7. The van der Waals surface area contributed by atoms with Crippen molar-refractivity contribution in [2.45, 2.75) is 103 Å². The molecule has 8 N–H and O–H groups in total. The lowest BCUT2D eigenvalue weighted by atomic mass is 10.0. The lowest BCUT2D eigenvalue weighted by molar-refractivity contribution is -0.138. The van der Waals surface area contributed by atoms with Gasteiger partial charge in [0.15, 0.2) is 0 Å². The van der Waals surface area contributed by atoms with E-state index in [0.717, 1.165) is 4.90 Å². The summed E-state index contributed by atoms with van der Waals surface area (Å²) in [6.45, 7) is 7.36. The van der Waals surface area contributed by atoms with Gasteiger partial charge < -0.3 is 37.5 Å². The molecule has 0 aromatic heterocycles. The summed E-state index contributed by atoms with van der Waals surface area (Å²) in [7, 11) is 1.43. The second kappa shape index (κ2) is 21.6. The van der Waals surface area contributed by atoms with Gasteiger partial charge in [0.2, 0.25) is 35.4 Å². The number of amides is 9. The smallest absolute Gasteiger partial charge is 0.410 e. The van der Waals surface area contributed by atoms with E-state index in [1.165, 1.54) is 11.9 Å². The number of ether oxygens (including phenoxy) is 1. The average molecular weight is 763 g/mol. The van der Waals surface area contributed by atoms with Crippen molar-refractivity contribution in [1.29, 1.82) is 0 Å². The summed E-state index contributed by atoms with van der Waals surface area (Å²) >= 11 is 4.11. The number of hydrogen-bond acceptors (Lipinski definition) is 10. The molecule has 4 atom stereocenters. The maximum absolute atomic E-state index is 13.4. The average Bonchev–Trinajstić information content (AvgIpc) is 3.32. The van der Waals surface area contributed by atoms with Crippen LogP contribution in [0.1, 0.15) is 78.2 Å². The molecule has 53 heavy (non-hydrogen) atoms. The van der Waals surface area contributed by atoms with Crippen LogP contribution in [-0.2, 0) is 40.1 Å². The van der Waals surface area contributed by atoms with Crippen molar-refractivity contribution in [3.05, 3.63) is 29.8 Å². The van der Waals surface area contributed by atoms with E-state index < -0.39 is 53.2 Å². The number of imide groups is 1. The zero-order valence-corrected chi connectivity index (χ0v) is 31.9. The Labute approximate surface area is 315 Å². The van der Waals surface area contributed by atoms with E-state index in [1.807, 2.05) is 0 Å². The largest absolute Gasteiger partial charge is 0.445 e. The van der Waals surface area contributed by atoms with Crippen molar-refractivity contribution in [2.75, 3.05) is 25.5 Å². The predicted octanol–water partition coefficient (Wildman–Crippen LogP) is 1.40. The number of nitrogens with one attached hydrogen (secondary N) is 4. The maximum Gasteiger partial charge on any atom is 0.410 e. The van der Waals surface area contributed by atoms with E-state index in [4.69, 9.17) is 16.2 Å². The highest BCUT2D eigenvalue weighted by molar-refractivity contribution is 7.81. The van der Waals surface area contributed by atoms with Crippen molar-refractivity contribution in [2.24, 2.45) is 23.3 Å². The van der Waals surface area contributed by atoms with Crippen LogP contribution < -0.4 is 32.7 Å². The molecule has 0 radical (unpaired) electrons. The molecule has 1 fully saturated rings. The molecule has 0 spiro atoms. The Kier molecular flexibility index (Phi) is 18.1. The fourth-order valence-electron chi connectivity index (χ4n) is 5.70. The normalized spacial score (nSPS) is 15.8. The van der Waals surface area contributed by atoms with Crippen LogP contribution >= 0.6 is 12.6 Å². The molecule has 0 saturated carbocycles. The van der Waals surface area contributed by atoms with E-state index in [9.17, 15) is 38.4 Å². The van der Waals surface area contributed by atoms with Crippen LogP contribution in [-0.4, -0.2) is 101 Å². The number of carbonyl (C=O) groups is 8. The van der Waals surface area contributed by atoms with Gasteiger partial charge in [0.05, 0.1) is 5.25 Å². The molecule has 0 bridgehead atoms. The van der Waals surface area contributed by atoms with E-state index >= 15 is 0 Å². The first-order chi connectivity index (χ1) is 24.9. The van der Waals surface area contributed by atoms with Crippen LogP contribution in [0.2, 0.25) is 0 Å². The van der Waals surface area contributed by atoms with Crippen LogP contribution in [0.4, 0.5) is 15.3 Å². The lowest BCUT2D eigenvalue weighted by Crippen LogP contribution is -2.54. The molecule has 1 aliphatic heterocycles. The van der Waals surface area contributed by atoms with Crippen LogP contribution in [0.5, 0.6) is 0 Å². The Bertz CT molecular complexity index is 1470. The van der Waals surface area contributed by atoms with Crippen molar-refractivity contribution in [3.63, 3.8) is 0 Å². The zero-order chi connectivity index (χ0) is 39.8. The Morgan fingerprint density at radius 3 is 2.13 bits per heavy atom. The molecule has 0 aliphatic carbocycles. The van der Waals surface area contributed by atoms with Crippen molar-refractivity contribution in [3.8, 4) is 0 Å². The van der Waals surface area contributed by atoms with Crippen molar-refractivity contribution < 1.29 is 43.1 Å². The number of likely N-dealkylation sites (tertiary alicyclic amines) is 1. The van der Waals surface area contributed by atoms with Gasteiger partial charge in [-0.1, -0.05) is 46.2 Å². The van der Waals surface area contributed by atoms with E-state index in [1.54, 1.807) is 52.0 Å². The first-order valence-electron chi connectivity index (χ1n) is 17.7. The number of anilines is 1. The van der Waals surface area contributed by atoms with E-state index in [0.29, 0.717) is 36.9 Å². The number of urea groups is 1. The number of carbonyl (C=O) groups excluding carboxylic acids is 8. The number of primary amides is 2. The summed E-state index contributed by atoms with van der Waals surface area (Å²) in [5.74, 6) is -3.22. The number of thiol groups is 1. The van der Waals surface area contributed by atoms with Gasteiger partial charge in [-0.25, -0.2) is 9.59 Å². The van der Waals surface area contributed by atoms with Gasteiger partial charge in [-0.2, -0.15) is 12.6 Å². The quantitative estimate of drug-likeness (QED) is 0.0542. The van der Waals surface area contributed by atoms with Gasteiger partial charge in [0.1, 0.15) is 24.7 Å². The molecule has 1 aromatic carbocycles. The molecule has 18 heteroatoms. The summed E-state index contributed by atoms with van der Waals surface area (Å²) in [5, 5.41) is 10.1. The number of nitrogens with two attached hydrogens (primary N) is 2. The zero-order valence-electron chi connectivity index (χ0n) is 31.0. The number of unbranched alkanes of at least 4 members (excludes halogenated alkanes) is 2. The molecular weight excluding hydrogens is 708 g/mol. The molecule has 17 nitrogen and oxygen atoms in total. The third-order valence-corrected chi connectivity index (χ3v) is 8.99. The van der Waals surface area contributed by atoms with Gasteiger partial charge in [0.25, 0.3) is 0 Å². The van der Waals surface area contributed by atoms with Crippen LogP contribution in [0.3, 0.4) is 0 Å². The molecular formula is C35H54N8O9S. The van der Waals surface area contributed by atoms with E-state index in [2.05, 4.69) is 33.9 Å². The molecule has 2 unspecified atom stereocenters. The summed E-state index contributed by atoms with van der Waals surface area (Å²) < 4.78 is 5.33. The second-order valence-electron chi connectivity index (χ2n) is 13.6. The maximum atomic E-state index is 13.4. The highest BCUT2D eigenvalue weighted by Gasteiger charge is 2.36. The Morgan fingerprint density at radius 2 is 1.58 bits per heavy atom. The minimum atomic E-state index is -1.04. The fourth-order valence-corrected chi connectivity index (χ4v) is 6.00. The van der Waals surface area contributed by atoms with E-state index in [-0.39, 0.29) is 68.5 Å². The number of nitrogens with zero attached hydrogens (tertiary/aromatic N) is 2. The Balaban J connectivity index is 1.97. The minimum Gasteiger partial charge on any atom is -0.445 e. The summed E-state index contributed by atoms with van der Waals surface area (Å²) in [5.41, 5.74) is 11.6. The summed E-state index contributed by atoms with van der Waals surface area (Å²) in [4.78, 5) is 101. The van der Waals surface area contributed by atoms with Crippen LogP contribution in [0, 0.1) is 11.8 Å². The lowest BCUT2D eigenvalue weighted by Gasteiger charge is -2.27. The number of benzene rings is 1. The molecule has 1 aromatic rings. The third-order valence-electron chi connectivity index (χ3n) is 8.59. The molecule has 2 rings (SSSR count). The standard InChI is InChI=1S/C35H54N8O9S/c1-20(2)28(41-26(44)11-7-6-8-17-43-27(45)18-25(53)33(43)49)32(48)40-24(10-9-16-38-34(37)50)31(47)39-23-14-12-22(13-15-23)19-52-35(51)42(5)29(21(3)4)30(36)46/h12-15,20-21,24-25,28-29,53H,6-11,16-19H2,1-5H3,(H2,36,46)(H,39,47)(H,40,48)(H,41,44)(H3,37,38,50)/t24-,25?,28?,29-/m0/s1. The van der Waals surface area contributed by atoms with Crippen LogP contribution in [0.25, 0.3) is 0 Å². The molecule has 1 aliphatic rings. The Morgan fingerprint density at radius 1 is 0.925 bits per heavy atom. The second-order valence-corrected chi connectivity index (χ2v) is 14.3. The van der Waals surface area contributed by atoms with Crippen molar-refractivity contribution in [1.82, 2.24) is 25.8 Å². The first kappa shape index (κ1) is 44.3. The van der Waals surface area contributed by atoms with Gasteiger partial charge in [0, 0.05) is 38.7 Å². The first-order valence-corrected chi connectivity index (χ1v) is 18.2. The highest BCUT2D eigenvalue weighted by Crippen LogP contribution is 2.19. The predicted molar refractivity (Wildman–Crippen MR) is 199 cm³/mol. The van der Waals surface area contributed by atoms with Gasteiger partial charge in [-0.15, -0.1) is 0 Å². The summed E-state index contributed by atoms with van der Waals surface area (Å²) in [6.07, 6.45) is 1.51. The molecule has 1 saturated heterocycles. The number of rotatable bonds is 21. The number of likely N-dealkylation sites (N-methyl/N-ethyl adjacent to an activating group) is 1. The molecule has 1 heterocycles. The van der Waals surface area contributed by atoms with Gasteiger partial charge >= 0.3 is 12.1 Å². The molecule has 9 amide bonds. The van der Waals surface area contributed by atoms with Crippen LogP contribution in [0.15, 0.2) is 24.3 Å². The van der Waals surface area contributed by atoms with Gasteiger partial charge in [-0.05, 0) is 55.2 Å². The summed E-state index contributed by atoms with van der Waals surface area (Å²) in [6, 6.07) is 2.89. The fraction of sp³-hybridized carbons (Fsp3) is 0.600. The third kappa shape index (κ3) is 14.6. The SMILES string of the molecule is CC(C)C(NC(=O)CCCCCN1C(=O)CC(S)C1=O)C(=O)N[C@@H](CCCNC(N)=O)C(=O)Nc1ccc(COC(=O)N(C)[C@H](C(N)=O)C(C)C)cc1. The topological polar surface area (TPSA) is 252 Å². The monoisotopic (exact) mass is 762 g/mol. The Hall–Kier alpha value is -4.87. The minimum absolute atomic E-state index is 0.0862.